The van der Waals surface area contributed by atoms with E-state index in [4.69, 9.17) is 11.6 Å². The Bertz CT molecular complexity index is 684. The minimum absolute atomic E-state index is 0.885. The Morgan fingerprint density at radius 3 is 2.50 bits per heavy atom. The van der Waals surface area contributed by atoms with Gasteiger partial charge in [-0.05, 0) is 78.3 Å². The first kappa shape index (κ1) is 12.3. The first-order valence-electron chi connectivity index (χ1n) is 7.39. The van der Waals surface area contributed by atoms with E-state index in [2.05, 4.69) is 42.2 Å². The average molecular weight is 284 g/mol. The smallest absolute Gasteiger partial charge is 0.0438 e. The molecule has 1 aliphatic carbocycles. The number of hydrogen-bond donors (Lipinski definition) is 0. The van der Waals surface area contributed by atoms with Gasteiger partial charge in [0.1, 0.15) is 0 Å². The van der Waals surface area contributed by atoms with Crippen LogP contribution in [0, 0.1) is 6.92 Å². The van der Waals surface area contributed by atoms with Crippen molar-refractivity contribution in [3.05, 3.63) is 52.0 Å². The van der Waals surface area contributed by atoms with Crippen LogP contribution >= 0.6 is 11.6 Å². The summed E-state index contributed by atoms with van der Waals surface area (Å²) in [4.78, 5) is 2.50. The fourth-order valence-corrected chi connectivity index (χ4v) is 3.65. The van der Waals surface area contributed by atoms with Crippen molar-refractivity contribution in [3.8, 4) is 11.1 Å². The van der Waals surface area contributed by atoms with Crippen LogP contribution in [0.25, 0.3) is 11.1 Å². The molecule has 1 aliphatic heterocycles. The monoisotopic (exact) mass is 283 g/mol. The third kappa shape index (κ3) is 1.84. The van der Waals surface area contributed by atoms with E-state index >= 15 is 0 Å². The zero-order chi connectivity index (χ0) is 13.7. The molecular formula is C18H18ClN. The molecule has 0 N–H and O–H groups in total. The van der Waals surface area contributed by atoms with Crippen LogP contribution in [-0.4, -0.2) is 13.1 Å². The van der Waals surface area contributed by atoms with Crippen LogP contribution in [-0.2, 0) is 6.42 Å². The van der Waals surface area contributed by atoms with Gasteiger partial charge in [0, 0.05) is 23.8 Å². The van der Waals surface area contributed by atoms with Crippen molar-refractivity contribution in [2.24, 2.45) is 0 Å². The number of fused-ring (bicyclic) bond motifs is 3. The van der Waals surface area contributed by atoms with E-state index in [1.807, 2.05) is 0 Å². The molecule has 1 nitrogen and oxygen atoms in total. The maximum absolute atomic E-state index is 6.26. The molecule has 0 radical (unpaired) electrons. The highest BCUT2D eigenvalue weighted by Gasteiger charge is 2.21. The Morgan fingerprint density at radius 1 is 0.950 bits per heavy atom. The molecule has 4 rings (SSSR count). The van der Waals surface area contributed by atoms with E-state index in [0.717, 1.165) is 11.4 Å². The molecule has 0 atom stereocenters. The molecule has 1 heterocycles. The molecule has 102 valence electrons. The van der Waals surface area contributed by atoms with Crippen LogP contribution < -0.4 is 4.90 Å². The van der Waals surface area contributed by atoms with E-state index < -0.39 is 0 Å². The number of rotatable bonds is 1. The Kier molecular flexibility index (Phi) is 2.78. The van der Waals surface area contributed by atoms with Crippen molar-refractivity contribution in [3.63, 3.8) is 0 Å². The van der Waals surface area contributed by atoms with Gasteiger partial charge in [-0.15, -0.1) is 0 Å². The van der Waals surface area contributed by atoms with E-state index in [0.29, 0.717) is 0 Å². The lowest BCUT2D eigenvalue weighted by Gasteiger charge is -2.18. The van der Waals surface area contributed by atoms with Gasteiger partial charge in [-0.25, -0.2) is 0 Å². The maximum atomic E-state index is 6.26. The van der Waals surface area contributed by atoms with Crippen molar-refractivity contribution in [1.29, 1.82) is 0 Å². The Balaban J connectivity index is 1.81. The SMILES string of the molecule is Cc1cc2c(cc1Cl)Cc1ccc(N3CCCC3)cc1-2. The lowest BCUT2D eigenvalue weighted by Crippen LogP contribution is -2.17. The largest absolute Gasteiger partial charge is 0.372 e. The lowest BCUT2D eigenvalue weighted by molar-refractivity contribution is 0.949. The fraction of sp³-hybridized carbons (Fsp3) is 0.333. The van der Waals surface area contributed by atoms with Crippen LogP contribution in [0.3, 0.4) is 0 Å². The maximum Gasteiger partial charge on any atom is 0.0438 e. The zero-order valence-corrected chi connectivity index (χ0v) is 12.5. The van der Waals surface area contributed by atoms with Gasteiger partial charge in [-0.1, -0.05) is 17.7 Å². The quantitative estimate of drug-likeness (QED) is 0.619. The topological polar surface area (TPSA) is 3.24 Å². The Morgan fingerprint density at radius 2 is 1.70 bits per heavy atom. The molecule has 2 aromatic rings. The van der Waals surface area contributed by atoms with Crippen LogP contribution in [0.4, 0.5) is 5.69 Å². The Hall–Kier alpha value is -1.47. The average Bonchev–Trinajstić information content (AvgIpc) is 3.06. The lowest BCUT2D eigenvalue weighted by atomic mass is 10.0. The van der Waals surface area contributed by atoms with E-state index in [1.54, 1.807) is 0 Å². The van der Waals surface area contributed by atoms with Crippen molar-refractivity contribution >= 4 is 17.3 Å². The second kappa shape index (κ2) is 4.53. The molecule has 0 aromatic heterocycles. The van der Waals surface area contributed by atoms with Crippen molar-refractivity contribution in [1.82, 2.24) is 0 Å². The molecule has 2 aliphatic rings. The van der Waals surface area contributed by atoms with Gasteiger partial charge in [0.15, 0.2) is 0 Å². The fourth-order valence-electron chi connectivity index (χ4n) is 3.47. The molecule has 0 saturated carbocycles. The van der Waals surface area contributed by atoms with Gasteiger partial charge in [0.05, 0.1) is 0 Å². The summed E-state index contributed by atoms with van der Waals surface area (Å²) in [5.74, 6) is 0. The van der Waals surface area contributed by atoms with Gasteiger partial charge in [0.25, 0.3) is 0 Å². The molecule has 0 bridgehead atoms. The van der Waals surface area contributed by atoms with E-state index in [-0.39, 0.29) is 0 Å². The zero-order valence-electron chi connectivity index (χ0n) is 11.7. The standard InChI is InChI=1S/C18H18ClN/c1-12-8-16-14(10-18(12)19)9-13-4-5-15(11-17(13)16)20-6-2-3-7-20/h4-5,8,10-11H,2-3,6-7,9H2,1H3. The van der Waals surface area contributed by atoms with Gasteiger partial charge in [-0.2, -0.15) is 0 Å². The van der Waals surface area contributed by atoms with Crippen LogP contribution in [0.15, 0.2) is 30.3 Å². The van der Waals surface area contributed by atoms with E-state index in [9.17, 15) is 0 Å². The van der Waals surface area contributed by atoms with Gasteiger partial charge < -0.3 is 4.90 Å². The summed E-state index contributed by atoms with van der Waals surface area (Å²) in [6.07, 6.45) is 3.66. The van der Waals surface area contributed by atoms with Crippen LogP contribution in [0.5, 0.6) is 0 Å². The molecule has 0 amide bonds. The molecule has 0 unspecified atom stereocenters. The number of anilines is 1. The first-order chi connectivity index (χ1) is 9.72. The minimum Gasteiger partial charge on any atom is -0.372 e. The normalized spacial score (nSPS) is 16.4. The summed E-state index contributed by atoms with van der Waals surface area (Å²) in [5, 5.41) is 0.885. The molecule has 2 aromatic carbocycles. The number of nitrogens with zero attached hydrogens (tertiary/aromatic N) is 1. The molecule has 1 fully saturated rings. The summed E-state index contributed by atoms with van der Waals surface area (Å²) in [7, 11) is 0. The van der Waals surface area contributed by atoms with Crippen molar-refractivity contribution in [2.75, 3.05) is 18.0 Å². The van der Waals surface area contributed by atoms with Gasteiger partial charge in [-0.3, -0.25) is 0 Å². The van der Waals surface area contributed by atoms with E-state index in [1.165, 1.54) is 59.4 Å². The summed E-state index contributed by atoms with van der Waals surface area (Å²) in [6, 6.07) is 11.3. The minimum atomic E-state index is 0.885. The second-order valence-electron chi connectivity index (χ2n) is 5.97. The number of benzene rings is 2. The number of hydrogen-bond acceptors (Lipinski definition) is 1. The number of halogens is 1. The molecular weight excluding hydrogens is 266 g/mol. The van der Waals surface area contributed by atoms with Gasteiger partial charge >= 0.3 is 0 Å². The predicted octanol–water partition coefficient (Wildman–Crippen LogP) is 4.82. The van der Waals surface area contributed by atoms with Crippen molar-refractivity contribution in [2.45, 2.75) is 26.2 Å². The predicted molar refractivity (Wildman–Crippen MR) is 85.9 cm³/mol. The van der Waals surface area contributed by atoms with Gasteiger partial charge in [0.2, 0.25) is 0 Å². The molecule has 20 heavy (non-hydrogen) atoms. The Labute approximate surface area is 125 Å². The summed E-state index contributed by atoms with van der Waals surface area (Å²) >= 11 is 6.26. The third-order valence-electron chi connectivity index (χ3n) is 4.62. The van der Waals surface area contributed by atoms with Crippen LogP contribution in [0.2, 0.25) is 5.02 Å². The van der Waals surface area contributed by atoms with Crippen molar-refractivity contribution < 1.29 is 0 Å². The molecule has 1 saturated heterocycles. The summed E-state index contributed by atoms with van der Waals surface area (Å²) in [6.45, 7) is 4.49. The molecule has 0 spiro atoms. The number of aryl methyl sites for hydroxylation is 1. The highest BCUT2D eigenvalue weighted by Crippen LogP contribution is 2.41. The second-order valence-corrected chi connectivity index (χ2v) is 6.38. The first-order valence-corrected chi connectivity index (χ1v) is 7.77. The summed E-state index contributed by atoms with van der Waals surface area (Å²) < 4.78 is 0. The highest BCUT2D eigenvalue weighted by molar-refractivity contribution is 6.31. The highest BCUT2D eigenvalue weighted by atomic mass is 35.5. The summed E-state index contributed by atoms with van der Waals surface area (Å²) in [5.41, 5.74) is 8.14. The molecule has 2 heteroatoms. The van der Waals surface area contributed by atoms with Crippen LogP contribution in [0.1, 0.15) is 29.5 Å². The third-order valence-corrected chi connectivity index (χ3v) is 5.03.